The van der Waals surface area contributed by atoms with Crippen LogP contribution in [0, 0.1) is 0 Å². The minimum atomic E-state index is -0.00175. The van der Waals surface area contributed by atoms with Crippen molar-refractivity contribution >= 4 is 17.7 Å². The third-order valence-corrected chi connectivity index (χ3v) is 4.78. The van der Waals surface area contributed by atoms with Gasteiger partial charge in [0.2, 0.25) is 11.7 Å². The van der Waals surface area contributed by atoms with Crippen molar-refractivity contribution in [2.24, 2.45) is 0 Å². The fraction of sp³-hybridized carbons (Fsp3) is 0.316. The zero-order valence-corrected chi connectivity index (χ0v) is 15.7. The zero-order chi connectivity index (χ0) is 18.4. The van der Waals surface area contributed by atoms with Crippen molar-refractivity contribution in [2.45, 2.75) is 37.9 Å². The van der Waals surface area contributed by atoms with Crippen molar-refractivity contribution in [1.29, 1.82) is 0 Å². The quantitative estimate of drug-likeness (QED) is 0.608. The summed E-state index contributed by atoms with van der Waals surface area (Å²) in [5, 5.41) is 12.2. The first-order valence-electron chi connectivity index (χ1n) is 8.66. The van der Waals surface area contributed by atoms with Crippen molar-refractivity contribution in [2.75, 3.05) is 5.75 Å². The lowest BCUT2D eigenvalue weighted by molar-refractivity contribution is -0.119. The second kappa shape index (κ2) is 8.71. The van der Waals surface area contributed by atoms with Gasteiger partial charge in [0.15, 0.2) is 10.9 Å². The van der Waals surface area contributed by atoms with Crippen molar-refractivity contribution in [1.82, 2.24) is 20.1 Å². The Balaban J connectivity index is 1.80. The summed E-state index contributed by atoms with van der Waals surface area (Å²) in [6.45, 7) is 4.13. The van der Waals surface area contributed by atoms with Gasteiger partial charge in [0.1, 0.15) is 0 Å². The second-order valence-electron chi connectivity index (χ2n) is 6.00. The molecule has 0 aliphatic carbocycles. The van der Waals surface area contributed by atoms with Crippen LogP contribution < -0.4 is 5.32 Å². The maximum Gasteiger partial charge on any atom is 0.230 e. The number of carbonyl (C=O) groups excluding carboxylic acids is 1. The third-order valence-electron chi connectivity index (χ3n) is 3.85. The Morgan fingerprint density at radius 2 is 2.04 bits per heavy atom. The summed E-state index contributed by atoms with van der Waals surface area (Å²) in [6, 6.07) is 13.6. The van der Waals surface area contributed by atoms with E-state index >= 15 is 0 Å². The standard InChI is InChI=1S/C19H22N4O2S/c1-3-8-14(2)20-17(24)13-26-19-22-21-18(16-11-7-12-25-16)23(19)15-9-5-4-6-10-15/h4-7,9-12,14H,3,8,13H2,1-2H3,(H,20,24). The van der Waals surface area contributed by atoms with E-state index in [2.05, 4.69) is 22.4 Å². The molecular formula is C19H22N4O2S. The summed E-state index contributed by atoms with van der Waals surface area (Å²) >= 11 is 1.36. The molecular weight excluding hydrogens is 348 g/mol. The van der Waals surface area contributed by atoms with Crippen LogP contribution in [-0.2, 0) is 4.79 Å². The normalized spacial score (nSPS) is 12.1. The molecule has 1 unspecified atom stereocenters. The minimum absolute atomic E-state index is 0.00175. The molecule has 1 N–H and O–H groups in total. The van der Waals surface area contributed by atoms with Gasteiger partial charge in [-0.05, 0) is 37.6 Å². The largest absolute Gasteiger partial charge is 0.461 e. The topological polar surface area (TPSA) is 73.0 Å². The van der Waals surface area contributed by atoms with Crippen LogP contribution in [0.3, 0.4) is 0 Å². The van der Waals surface area contributed by atoms with Gasteiger partial charge in [-0.2, -0.15) is 0 Å². The van der Waals surface area contributed by atoms with E-state index in [1.165, 1.54) is 11.8 Å². The lowest BCUT2D eigenvalue weighted by atomic mass is 10.2. The van der Waals surface area contributed by atoms with Crippen LogP contribution >= 0.6 is 11.8 Å². The van der Waals surface area contributed by atoms with Gasteiger partial charge >= 0.3 is 0 Å². The molecule has 0 fully saturated rings. The molecule has 2 aromatic heterocycles. The van der Waals surface area contributed by atoms with E-state index in [0.717, 1.165) is 18.5 Å². The van der Waals surface area contributed by atoms with Crippen LogP contribution in [0.1, 0.15) is 26.7 Å². The molecule has 2 heterocycles. The molecule has 0 saturated heterocycles. The average Bonchev–Trinajstić information content (AvgIpc) is 3.30. The van der Waals surface area contributed by atoms with Crippen molar-refractivity contribution in [3.8, 4) is 17.3 Å². The number of nitrogens with one attached hydrogen (secondary N) is 1. The number of thioether (sulfide) groups is 1. The number of carbonyl (C=O) groups is 1. The molecule has 3 rings (SSSR count). The van der Waals surface area contributed by atoms with Gasteiger partial charge < -0.3 is 9.73 Å². The van der Waals surface area contributed by atoms with Crippen molar-refractivity contribution in [3.05, 3.63) is 48.7 Å². The van der Waals surface area contributed by atoms with Gasteiger partial charge in [-0.3, -0.25) is 9.36 Å². The molecule has 136 valence electrons. The van der Waals surface area contributed by atoms with E-state index in [1.54, 1.807) is 6.26 Å². The summed E-state index contributed by atoms with van der Waals surface area (Å²) in [7, 11) is 0. The van der Waals surface area contributed by atoms with Crippen LogP contribution in [0.5, 0.6) is 0 Å². The highest BCUT2D eigenvalue weighted by Crippen LogP contribution is 2.28. The second-order valence-corrected chi connectivity index (χ2v) is 6.94. The Bertz CT molecular complexity index is 831. The van der Waals surface area contributed by atoms with Gasteiger partial charge in [0.25, 0.3) is 0 Å². The monoisotopic (exact) mass is 370 g/mol. The zero-order valence-electron chi connectivity index (χ0n) is 14.9. The number of benzene rings is 1. The number of rotatable bonds is 8. The predicted octanol–water partition coefficient (Wildman–Crippen LogP) is 3.92. The summed E-state index contributed by atoms with van der Waals surface area (Å²) in [6.07, 6.45) is 3.62. The Labute approximate surface area is 157 Å². The van der Waals surface area contributed by atoms with E-state index < -0.39 is 0 Å². The van der Waals surface area contributed by atoms with Crippen molar-refractivity contribution < 1.29 is 9.21 Å². The maximum absolute atomic E-state index is 12.2. The highest BCUT2D eigenvalue weighted by molar-refractivity contribution is 7.99. The fourth-order valence-corrected chi connectivity index (χ4v) is 3.45. The van der Waals surface area contributed by atoms with E-state index in [9.17, 15) is 4.79 Å². The van der Waals surface area contributed by atoms with E-state index in [0.29, 0.717) is 16.7 Å². The number of para-hydroxylation sites is 1. The van der Waals surface area contributed by atoms with Gasteiger partial charge in [-0.25, -0.2) is 0 Å². The van der Waals surface area contributed by atoms with Gasteiger partial charge in [-0.15, -0.1) is 10.2 Å². The predicted molar refractivity (Wildman–Crippen MR) is 102 cm³/mol. The molecule has 0 aliphatic heterocycles. The Hall–Kier alpha value is -2.54. The molecule has 0 radical (unpaired) electrons. The molecule has 0 aliphatic rings. The first-order valence-corrected chi connectivity index (χ1v) is 9.64. The molecule has 3 aromatic rings. The summed E-state index contributed by atoms with van der Waals surface area (Å²) in [4.78, 5) is 12.2. The maximum atomic E-state index is 12.2. The van der Waals surface area contributed by atoms with E-state index in [-0.39, 0.29) is 17.7 Å². The highest BCUT2D eigenvalue weighted by atomic mass is 32.2. The van der Waals surface area contributed by atoms with Crippen LogP contribution in [0.15, 0.2) is 58.3 Å². The molecule has 26 heavy (non-hydrogen) atoms. The fourth-order valence-electron chi connectivity index (χ4n) is 2.69. The van der Waals surface area contributed by atoms with Gasteiger partial charge in [0.05, 0.1) is 12.0 Å². The molecule has 0 bridgehead atoms. The van der Waals surface area contributed by atoms with Crippen LogP contribution in [-0.4, -0.2) is 32.5 Å². The molecule has 0 saturated carbocycles. The highest BCUT2D eigenvalue weighted by Gasteiger charge is 2.19. The molecule has 1 aromatic carbocycles. The van der Waals surface area contributed by atoms with Crippen LogP contribution in [0.4, 0.5) is 0 Å². The number of hydrogen-bond acceptors (Lipinski definition) is 5. The van der Waals surface area contributed by atoms with E-state index in [1.807, 2.05) is 54.0 Å². The lowest BCUT2D eigenvalue weighted by Crippen LogP contribution is -2.33. The van der Waals surface area contributed by atoms with Crippen LogP contribution in [0.25, 0.3) is 17.3 Å². The number of aromatic nitrogens is 3. The Morgan fingerprint density at radius 3 is 2.73 bits per heavy atom. The third kappa shape index (κ3) is 4.35. The first kappa shape index (κ1) is 18.3. The Kier molecular flexibility index (Phi) is 6.12. The number of nitrogens with zero attached hydrogens (tertiary/aromatic N) is 3. The summed E-state index contributed by atoms with van der Waals surface area (Å²) < 4.78 is 7.40. The van der Waals surface area contributed by atoms with Crippen LogP contribution in [0.2, 0.25) is 0 Å². The van der Waals surface area contributed by atoms with E-state index in [4.69, 9.17) is 4.42 Å². The summed E-state index contributed by atoms with van der Waals surface area (Å²) in [5.41, 5.74) is 0.922. The van der Waals surface area contributed by atoms with Crippen molar-refractivity contribution in [3.63, 3.8) is 0 Å². The molecule has 1 amide bonds. The average molecular weight is 370 g/mol. The smallest absolute Gasteiger partial charge is 0.230 e. The number of furan rings is 1. The lowest BCUT2D eigenvalue weighted by Gasteiger charge is -2.13. The molecule has 7 heteroatoms. The van der Waals surface area contributed by atoms with Gasteiger partial charge in [-0.1, -0.05) is 43.3 Å². The summed E-state index contributed by atoms with van der Waals surface area (Å²) in [5.74, 6) is 1.53. The number of amides is 1. The Morgan fingerprint density at radius 1 is 1.23 bits per heavy atom. The van der Waals surface area contributed by atoms with Gasteiger partial charge in [0, 0.05) is 11.7 Å². The number of hydrogen-bond donors (Lipinski definition) is 1. The molecule has 1 atom stereocenters. The SMILES string of the molecule is CCCC(C)NC(=O)CSc1nnc(-c2ccco2)n1-c1ccccc1. The first-order chi connectivity index (χ1) is 12.7. The molecule has 0 spiro atoms. The molecule has 6 nitrogen and oxygen atoms in total. The minimum Gasteiger partial charge on any atom is -0.461 e.